The molecule has 1 aliphatic carbocycles. The molecule has 0 unspecified atom stereocenters. The maximum absolute atomic E-state index is 14.0. The third-order valence-electron chi connectivity index (χ3n) is 4.70. The van der Waals surface area contributed by atoms with E-state index in [1.54, 1.807) is 19.0 Å². The van der Waals surface area contributed by atoms with Gasteiger partial charge in [0.1, 0.15) is 5.82 Å². The van der Waals surface area contributed by atoms with Crippen molar-refractivity contribution in [2.75, 3.05) is 25.6 Å². The van der Waals surface area contributed by atoms with Crippen LogP contribution in [-0.2, 0) is 4.74 Å². The van der Waals surface area contributed by atoms with E-state index in [2.05, 4.69) is 4.57 Å². The predicted octanol–water partition coefficient (Wildman–Crippen LogP) is 3.68. The minimum Gasteiger partial charge on any atom is -0.454 e. The zero-order valence-electron chi connectivity index (χ0n) is 15.5. The number of carbonyl (C=O) groups excluding carboxylic acids is 2. The van der Waals surface area contributed by atoms with Crippen LogP contribution in [0.25, 0.3) is 0 Å². The van der Waals surface area contributed by atoms with E-state index in [4.69, 9.17) is 4.74 Å². The first-order valence-electron chi connectivity index (χ1n) is 8.65. The van der Waals surface area contributed by atoms with Gasteiger partial charge in [0.15, 0.2) is 6.61 Å². The number of anilines is 1. The molecule has 138 valence electrons. The SMILES string of the molecule is Cc1cc(C(=O)COC(=O)c2ccc(N(C)C)c(F)c2)c(C)n1C1CC1. The molecule has 1 fully saturated rings. The molecule has 1 heterocycles. The minimum atomic E-state index is -0.710. The van der Waals surface area contributed by atoms with E-state index in [1.807, 2.05) is 19.9 Å². The lowest BCUT2D eigenvalue weighted by molar-refractivity contribution is 0.0474. The third-order valence-corrected chi connectivity index (χ3v) is 4.70. The third kappa shape index (κ3) is 3.49. The molecule has 1 aromatic carbocycles. The molecule has 3 rings (SSSR count). The van der Waals surface area contributed by atoms with Gasteiger partial charge in [-0.1, -0.05) is 0 Å². The van der Waals surface area contributed by atoms with E-state index in [1.165, 1.54) is 12.1 Å². The second-order valence-electron chi connectivity index (χ2n) is 6.95. The van der Waals surface area contributed by atoms with Gasteiger partial charge >= 0.3 is 5.97 Å². The molecule has 0 spiro atoms. The monoisotopic (exact) mass is 358 g/mol. The molecule has 0 aliphatic heterocycles. The number of ketones is 1. The van der Waals surface area contributed by atoms with Gasteiger partial charge in [0, 0.05) is 37.1 Å². The second kappa shape index (κ2) is 6.94. The summed E-state index contributed by atoms with van der Waals surface area (Å²) in [4.78, 5) is 26.2. The lowest BCUT2D eigenvalue weighted by atomic mass is 10.1. The van der Waals surface area contributed by atoms with Gasteiger partial charge in [0.2, 0.25) is 5.78 Å². The van der Waals surface area contributed by atoms with E-state index in [0.717, 1.165) is 30.3 Å². The van der Waals surface area contributed by atoms with Crippen molar-refractivity contribution in [3.05, 3.63) is 52.6 Å². The Balaban J connectivity index is 1.67. The van der Waals surface area contributed by atoms with E-state index in [9.17, 15) is 14.0 Å². The van der Waals surface area contributed by atoms with Crippen LogP contribution in [0.15, 0.2) is 24.3 Å². The molecule has 0 atom stereocenters. The van der Waals surface area contributed by atoms with Gasteiger partial charge in [0.25, 0.3) is 0 Å². The van der Waals surface area contributed by atoms with Crippen LogP contribution in [0.5, 0.6) is 0 Å². The summed E-state index contributed by atoms with van der Waals surface area (Å²) < 4.78 is 21.3. The molecule has 1 aromatic heterocycles. The zero-order valence-corrected chi connectivity index (χ0v) is 15.5. The van der Waals surface area contributed by atoms with Gasteiger partial charge in [-0.05, 0) is 51.0 Å². The number of benzene rings is 1. The topological polar surface area (TPSA) is 51.5 Å². The number of rotatable bonds is 6. The number of hydrogen-bond acceptors (Lipinski definition) is 4. The van der Waals surface area contributed by atoms with Crippen molar-refractivity contribution in [2.24, 2.45) is 0 Å². The second-order valence-corrected chi connectivity index (χ2v) is 6.95. The maximum atomic E-state index is 14.0. The van der Waals surface area contributed by atoms with Crippen molar-refractivity contribution >= 4 is 17.4 Å². The number of carbonyl (C=O) groups is 2. The van der Waals surface area contributed by atoms with E-state index >= 15 is 0 Å². The average molecular weight is 358 g/mol. The van der Waals surface area contributed by atoms with Crippen molar-refractivity contribution in [1.29, 1.82) is 0 Å². The van der Waals surface area contributed by atoms with Gasteiger partial charge in [-0.2, -0.15) is 0 Å². The Bertz CT molecular complexity index is 866. The van der Waals surface area contributed by atoms with Crippen molar-refractivity contribution in [2.45, 2.75) is 32.7 Å². The van der Waals surface area contributed by atoms with Crippen molar-refractivity contribution < 1.29 is 18.7 Å². The first-order valence-corrected chi connectivity index (χ1v) is 8.65. The lowest BCUT2D eigenvalue weighted by Gasteiger charge is -2.13. The van der Waals surface area contributed by atoms with Crippen LogP contribution in [0.1, 0.15) is 51.0 Å². The van der Waals surface area contributed by atoms with Crippen LogP contribution in [0.2, 0.25) is 0 Å². The average Bonchev–Trinajstić information content (AvgIpc) is 3.37. The summed E-state index contributed by atoms with van der Waals surface area (Å²) in [6, 6.07) is 6.45. The van der Waals surface area contributed by atoms with Crippen LogP contribution in [0.3, 0.4) is 0 Å². The number of hydrogen-bond donors (Lipinski definition) is 0. The number of nitrogens with zero attached hydrogens (tertiary/aromatic N) is 2. The number of ether oxygens (including phenoxy) is 1. The van der Waals surface area contributed by atoms with E-state index in [-0.39, 0.29) is 18.0 Å². The molecule has 0 radical (unpaired) electrons. The summed E-state index contributed by atoms with van der Waals surface area (Å²) in [7, 11) is 3.43. The summed E-state index contributed by atoms with van der Waals surface area (Å²) in [5, 5.41) is 0. The normalized spacial score (nSPS) is 13.6. The van der Waals surface area contributed by atoms with Crippen molar-refractivity contribution in [3.8, 4) is 0 Å². The summed E-state index contributed by atoms with van der Waals surface area (Å²) in [5.41, 5.74) is 3.00. The highest BCUT2D eigenvalue weighted by molar-refractivity contribution is 6.00. The first kappa shape index (κ1) is 18.2. The molecule has 0 saturated heterocycles. The van der Waals surface area contributed by atoms with Crippen LogP contribution < -0.4 is 4.90 Å². The van der Waals surface area contributed by atoms with Crippen LogP contribution in [0, 0.1) is 19.7 Å². The lowest BCUT2D eigenvalue weighted by Crippen LogP contribution is -2.16. The minimum absolute atomic E-state index is 0.0874. The van der Waals surface area contributed by atoms with E-state index in [0.29, 0.717) is 17.3 Å². The fraction of sp³-hybridized carbons (Fsp3) is 0.400. The maximum Gasteiger partial charge on any atom is 0.338 e. The molecule has 6 heteroatoms. The fourth-order valence-corrected chi connectivity index (χ4v) is 3.24. The molecule has 5 nitrogen and oxygen atoms in total. The number of aromatic nitrogens is 1. The number of halogens is 1. The van der Waals surface area contributed by atoms with E-state index < -0.39 is 11.8 Å². The highest BCUT2D eigenvalue weighted by Crippen LogP contribution is 2.38. The molecule has 1 aliphatic rings. The summed E-state index contributed by atoms with van der Waals surface area (Å²) in [5.74, 6) is -1.47. The van der Waals surface area contributed by atoms with Gasteiger partial charge in [-0.3, -0.25) is 4.79 Å². The quantitative estimate of drug-likeness (QED) is 0.584. The Labute approximate surface area is 152 Å². The summed E-state index contributed by atoms with van der Waals surface area (Å²) >= 11 is 0. The molecule has 2 aromatic rings. The fourth-order valence-electron chi connectivity index (χ4n) is 3.24. The summed E-state index contributed by atoms with van der Waals surface area (Å²) in [6.45, 7) is 3.53. The van der Waals surface area contributed by atoms with Gasteiger partial charge in [-0.15, -0.1) is 0 Å². The Hall–Kier alpha value is -2.63. The Morgan fingerprint density at radius 3 is 2.50 bits per heavy atom. The predicted molar refractivity (Wildman–Crippen MR) is 97.5 cm³/mol. The van der Waals surface area contributed by atoms with Crippen LogP contribution >= 0.6 is 0 Å². The molecule has 0 amide bonds. The Morgan fingerprint density at radius 2 is 1.92 bits per heavy atom. The molecule has 26 heavy (non-hydrogen) atoms. The largest absolute Gasteiger partial charge is 0.454 e. The Morgan fingerprint density at radius 1 is 1.23 bits per heavy atom. The molecule has 0 bridgehead atoms. The molecular weight excluding hydrogens is 335 g/mol. The smallest absolute Gasteiger partial charge is 0.338 e. The number of aryl methyl sites for hydroxylation is 1. The van der Waals surface area contributed by atoms with Gasteiger partial charge < -0.3 is 14.2 Å². The number of esters is 1. The molecule has 0 N–H and O–H groups in total. The first-order chi connectivity index (χ1) is 12.3. The Kier molecular flexibility index (Phi) is 4.85. The molecule has 1 saturated carbocycles. The van der Waals surface area contributed by atoms with Crippen molar-refractivity contribution in [1.82, 2.24) is 4.57 Å². The zero-order chi connectivity index (χ0) is 19.0. The molecular formula is C20H23FN2O3. The summed E-state index contributed by atoms with van der Waals surface area (Å²) in [6.07, 6.45) is 2.26. The highest BCUT2D eigenvalue weighted by Gasteiger charge is 2.28. The van der Waals surface area contributed by atoms with Crippen LogP contribution in [-0.4, -0.2) is 37.0 Å². The number of Topliss-reactive ketones (excluding diaryl/α,β-unsaturated/α-hetero) is 1. The van der Waals surface area contributed by atoms with Crippen molar-refractivity contribution in [3.63, 3.8) is 0 Å². The van der Waals surface area contributed by atoms with Crippen LogP contribution in [0.4, 0.5) is 10.1 Å². The van der Waals surface area contributed by atoms with Gasteiger partial charge in [-0.25, -0.2) is 9.18 Å². The highest BCUT2D eigenvalue weighted by atomic mass is 19.1. The standard InChI is InChI=1S/C20H23FN2O3/c1-12-9-16(13(2)23(12)15-6-7-15)19(24)11-26-20(25)14-5-8-18(22(3)4)17(21)10-14/h5,8-10,15H,6-7,11H2,1-4H3. The van der Waals surface area contributed by atoms with Gasteiger partial charge in [0.05, 0.1) is 11.3 Å².